The first-order valence-electron chi connectivity index (χ1n) is 5.27. The van der Waals surface area contributed by atoms with Crippen molar-refractivity contribution in [3.63, 3.8) is 0 Å². The summed E-state index contributed by atoms with van der Waals surface area (Å²) >= 11 is 8.83. The average molecular weight is 407 g/mol. The van der Waals surface area contributed by atoms with E-state index < -0.39 is 20.0 Å². The Bertz CT molecular complexity index is 706. The summed E-state index contributed by atoms with van der Waals surface area (Å²) in [6.45, 7) is -0.0718. The van der Waals surface area contributed by atoms with E-state index in [2.05, 4.69) is 20.7 Å². The van der Waals surface area contributed by atoms with Crippen LogP contribution in [-0.2, 0) is 20.0 Å². The maximum Gasteiger partial charge on any atom is 0.241 e. The Morgan fingerprint density at radius 1 is 1.25 bits per heavy atom. The smallest absolute Gasteiger partial charge is 0.241 e. The Labute approximate surface area is 130 Å². The van der Waals surface area contributed by atoms with E-state index in [9.17, 15) is 16.8 Å². The summed E-state index contributed by atoms with van der Waals surface area (Å²) in [6, 6.07) is 2.65. The van der Waals surface area contributed by atoms with E-state index in [1.807, 2.05) is 0 Å². The molecule has 0 bridgehead atoms. The zero-order valence-electron chi connectivity index (χ0n) is 10.1. The molecule has 0 atom stereocenters. The second-order valence-electron chi connectivity index (χ2n) is 3.93. The van der Waals surface area contributed by atoms with E-state index in [1.165, 1.54) is 12.1 Å². The van der Waals surface area contributed by atoms with Gasteiger partial charge in [0.15, 0.2) is 0 Å². The minimum Gasteiger partial charge on any atom is -0.398 e. The molecule has 114 valence electrons. The van der Waals surface area contributed by atoms with Crippen molar-refractivity contribution in [2.24, 2.45) is 5.14 Å². The average Bonchev–Trinajstić information content (AvgIpc) is 2.28. The first-order valence-corrected chi connectivity index (χ1v) is 9.64. The Hall–Kier alpha value is -0.390. The van der Waals surface area contributed by atoms with Crippen molar-refractivity contribution in [1.29, 1.82) is 0 Å². The van der Waals surface area contributed by atoms with Crippen LogP contribution in [0.15, 0.2) is 21.5 Å². The van der Waals surface area contributed by atoms with Crippen LogP contribution in [0.3, 0.4) is 0 Å². The van der Waals surface area contributed by atoms with Gasteiger partial charge in [-0.3, -0.25) is 0 Å². The van der Waals surface area contributed by atoms with Gasteiger partial charge in [0, 0.05) is 17.3 Å². The van der Waals surface area contributed by atoms with Crippen molar-refractivity contribution < 1.29 is 16.8 Å². The van der Waals surface area contributed by atoms with Crippen LogP contribution in [0, 0.1) is 0 Å². The fourth-order valence-corrected chi connectivity index (χ4v) is 4.25. The largest absolute Gasteiger partial charge is 0.398 e. The number of sulfonamides is 2. The molecule has 7 nitrogen and oxygen atoms in total. The highest BCUT2D eigenvalue weighted by Gasteiger charge is 2.20. The highest BCUT2D eigenvalue weighted by molar-refractivity contribution is 9.10. The summed E-state index contributed by atoms with van der Waals surface area (Å²) in [5, 5.41) is 4.99. The Balaban J connectivity index is 2.85. The molecular formula is C9H13BrClN3O4S2. The van der Waals surface area contributed by atoms with Gasteiger partial charge in [-0.2, -0.15) is 0 Å². The van der Waals surface area contributed by atoms with Crippen LogP contribution in [0.2, 0.25) is 5.02 Å². The molecule has 1 aromatic rings. The summed E-state index contributed by atoms with van der Waals surface area (Å²) < 4.78 is 48.0. The van der Waals surface area contributed by atoms with Crippen molar-refractivity contribution in [3.8, 4) is 0 Å². The van der Waals surface area contributed by atoms with E-state index in [0.717, 1.165) is 0 Å². The number of hydrogen-bond acceptors (Lipinski definition) is 5. The van der Waals surface area contributed by atoms with Gasteiger partial charge in [0.2, 0.25) is 20.0 Å². The first-order chi connectivity index (χ1) is 9.03. The van der Waals surface area contributed by atoms with Gasteiger partial charge in [-0.1, -0.05) is 11.6 Å². The molecule has 1 rings (SSSR count). The molecule has 1 aromatic carbocycles. The molecule has 20 heavy (non-hydrogen) atoms. The standard InChI is InChI=1S/C9H13BrClN3O4S2/c10-9-7(12)4-6(11)5-8(9)20(17,18)14-2-1-3-19(13,15)16/h4-5,14H,1-3,12H2,(H2,13,15,16). The number of nitrogen functional groups attached to an aromatic ring is 1. The molecule has 0 saturated heterocycles. The molecule has 0 aliphatic carbocycles. The van der Waals surface area contributed by atoms with Crippen LogP contribution >= 0.6 is 27.5 Å². The van der Waals surface area contributed by atoms with E-state index in [0.29, 0.717) is 0 Å². The molecule has 11 heteroatoms. The molecule has 0 spiro atoms. The van der Waals surface area contributed by atoms with Gasteiger partial charge in [-0.25, -0.2) is 26.7 Å². The van der Waals surface area contributed by atoms with Gasteiger partial charge in [0.1, 0.15) is 0 Å². The summed E-state index contributed by atoms with van der Waals surface area (Å²) in [6.07, 6.45) is 0.0612. The quantitative estimate of drug-likeness (QED) is 0.471. The number of primary sulfonamides is 1. The third-order valence-electron chi connectivity index (χ3n) is 2.22. The highest BCUT2D eigenvalue weighted by atomic mass is 79.9. The van der Waals surface area contributed by atoms with Crippen LogP contribution in [0.1, 0.15) is 6.42 Å². The lowest BCUT2D eigenvalue weighted by molar-refractivity contribution is 0.576. The molecular weight excluding hydrogens is 394 g/mol. The third-order valence-corrected chi connectivity index (χ3v) is 5.93. The molecule has 0 heterocycles. The normalized spacial score (nSPS) is 12.6. The Kier molecular flexibility index (Phi) is 5.81. The van der Waals surface area contributed by atoms with E-state index >= 15 is 0 Å². The topological polar surface area (TPSA) is 132 Å². The summed E-state index contributed by atoms with van der Waals surface area (Å²) in [5.41, 5.74) is 5.79. The van der Waals surface area contributed by atoms with Gasteiger partial charge < -0.3 is 5.73 Å². The van der Waals surface area contributed by atoms with Crippen molar-refractivity contribution >= 4 is 53.3 Å². The van der Waals surface area contributed by atoms with Crippen molar-refractivity contribution in [2.75, 3.05) is 18.0 Å². The molecule has 0 fully saturated rings. The second kappa shape index (κ2) is 6.58. The van der Waals surface area contributed by atoms with Crippen LogP contribution in [-0.4, -0.2) is 29.1 Å². The number of nitrogens with two attached hydrogens (primary N) is 2. The maximum atomic E-state index is 12.0. The SMILES string of the molecule is Nc1cc(Cl)cc(S(=O)(=O)NCCCS(N)(=O)=O)c1Br. The Morgan fingerprint density at radius 3 is 2.40 bits per heavy atom. The van der Waals surface area contributed by atoms with Gasteiger partial charge in [0.05, 0.1) is 15.1 Å². The monoisotopic (exact) mass is 405 g/mol. The zero-order valence-corrected chi connectivity index (χ0v) is 14.1. The molecule has 0 aromatic heterocycles. The number of anilines is 1. The van der Waals surface area contributed by atoms with Gasteiger partial charge in [-0.15, -0.1) is 0 Å². The predicted molar refractivity (Wildman–Crippen MR) is 81.3 cm³/mol. The molecule has 0 radical (unpaired) electrons. The van der Waals surface area contributed by atoms with Crippen LogP contribution in [0.5, 0.6) is 0 Å². The predicted octanol–water partition coefficient (Wildman–Crippen LogP) is 0.642. The number of rotatable bonds is 6. The maximum absolute atomic E-state index is 12.0. The highest BCUT2D eigenvalue weighted by Crippen LogP contribution is 2.31. The fraction of sp³-hybridized carbons (Fsp3) is 0.333. The second-order valence-corrected chi connectivity index (χ2v) is 8.62. The van der Waals surface area contributed by atoms with Crippen LogP contribution in [0.25, 0.3) is 0 Å². The molecule has 0 aliphatic rings. The molecule has 0 aliphatic heterocycles. The van der Waals surface area contributed by atoms with E-state index in [4.69, 9.17) is 22.5 Å². The molecule has 0 amide bonds. The molecule has 0 unspecified atom stereocenters. The minimum atomic E-state index is -3.85. The summed E-state index contributed by atoms with van der Waals surface area (Å²) in [7, 11) is -7.46. The lowest BCUT2D eigenvalue weighted by atomic mass is 10.3. The van der Waals surface area contributed by atoms with Crippen LogP contribution < -0.4 is 15.6 Å². The number of nitrogens with one attached hydrogen (secondary N) is 1. The van der Waals surface area contributed by atoms with Gasteiger partial charge >= 0.3 is 0 Å². The number of halogens is 2. The third kappa shape index (κ3) is 5.19. The van der Waals surface area contributed by atoms with E-state index in [1.54, 1.807) is 0 Å². The fourth-order valence-electron chi connectivity index (χ4n) is 1.34. The lowest BCUT2D eigenvalue weighted by Crippen LogP contribution is -2.28. The number of benzene rings is 1. The Morgan fingerprint density at radius 2 is 1.85 bits per heavy atom. The summed E-state index contributed by atoms with van der Waals surface area (Å²) in [5.74, 6) is -0.311. The van der Waals surface area contributed by atoms with Gasteiger partial charge in [0.25, 0.3) is 0 Å². The van der Waals surface area contributed by atoms with Crippen molar-refractivity contribution in [1.82, 2.24) is 4.72 Å². The summed E-state index contributed by atoms with van der Waals surface area (Å²) in [4.78, 5) is -0.113. The van der Waals surface area contributed by atoms with Crippen molar-refractivity contribution in [3.05, 3.63) is 21.6 Å². The number of hydrogen-bond donors (Lipinski definition) is 3. The molecule has 0 saturated carbocycles. The van der Waals surface area contributed by atoms with Gasteiger partial charge in [-0.05, 0) is 34.5 Å². The van der Waals surface area contributed by atoms with E-state index in [-0.39, 0.29) is 38.8 Å². The molecule has 5 N–H and O–H groups in total. The van der Waals surface area contributed by atoms with Crippen LogP contribution in [0.4, 0.5) is 5.69 Å². The first kappa shape index (κ1) is 17.7. The zero-order chi connectivity index (χ0) is 15.6. The minimum absolute atomic E-state index is 0.0612. The lowest BCUT2D eigenvalue weighted by Gasteiger charge is -2.10. The van der Waals surface area contributed by atoms with Crippen molar-refractivity contribution in [2.45, 2.75) is 11.3 Å².